The van der Waals surface area contributed by atoms with Gasteiger partial charge in [-0.2, -0.15) is 0 Å². The summed E-state index contributed by atoms with van der Waals surface area (Å²) in [6.07, 6.45) is -0.199. The summed E-state index contributed by atoms with van der Waals surface area (Å²) in [7, 11) is 0. The number of anilines is 4. The van der Waals surface area contributed by atoms with Gasteiger partial charge < -0.3 is 20.3 Å². The predicted octanol–water partition coefficient (Wildman–Crippen LogP) is 4.31. The van der Waals surface area contributed by atoms with Crippen LogP contribution in [0.15, 0.2) is 36.4 Å². The van der Waals surface area contributed by atoms with Gasteiger partial charge in [0, 0.05) is 49.1 Å². The van der Waals surface area contributed by atoms with Crippen molar-refractivity contribution in [3.8, 4) is 5.75 Å². The topological polar surface area (TPSA) is 53.6 Å². The number of hydrogen-bond donors (Lipinski definition) is 2. The maximum Gasteiger partial charge on any atom is 0.262 e. The first-order valence-electron chi connectivity index (χ1n) is 8.97. The Morgan fingerprint density at radius 1 is 1.15 bits per heavy atom. The van der Waals surface area contributed by atoms with Crippen LogP contribution in [0.1, 0.15) is 18.4 Å². The van der Waals surface area contributed by atoms with E-state index in [-0.39, 0.29) is 25.4 Å². The molecule has 2 aromatic carbocycles. The molecule has 2 N–H and O–H groups in total. The van der Waals surface area contributed by atoms with Crippen LogP contribution in [-0.4, -0.2) is 31.5 Å². The predicted molar refractivity (Wildman–Crippen MR) is 101 cm³/mol. The van der Waals surface area contributed by atoms with Gasteiger partial charge in [0.15, 0.2) is 6.61 Å². The molecule has 0 radical (unpaired) electrons. The van der Waals surface area contributed by atoms with E-state index in [1.54, 1.807) is 6.07 Å². The molecule has 142 valence electrons. The number of fused-ring (bicyclic) bond motifs is 1. The van der Waals surface area contributed by atoms with Crippen LogP contribution in [0.5, 0.6) is 5.75 Å². The Balaban J connectivity index is 1.48. The first-order chi connectivity index (χ1) is 12.9. The van der Waals surface area contributed by atoms with Crippen LogP contribution >= 0.6 is 0 Å². The van der Waals surface area contributed by atoms with Gasteiger partial charge in [0.05, 0.1) is 5.69 Å². The van der Waals surface area contributed by atoms with Gasteiger partial charge in [0.25, 0.3) is 11.8 Å². The minimum Gasteiger partial charge on any atom is -0.482 e. The minimum absolute atomic E-state index is 0.0130. The van der Waals surface area contributed by atoms with E-state index in [0.717, 1.165) is 22.6 Å². The Labute approximate surface area is 156 Å². The van der Waals surface area contributed by atoms with Crippen LogP contribution in [-0.2, 0) is 4.79 Å². The molecule has 2 aliphatic heterocycles. The van der Waals surface area contributed by atoms with E-state index in [9.17, 15) is 13.6 Å². The summed E-state index contributed by atoms with van der Waals surface area (Å²) in [4.78, 5) is 13.4. The Hall–Kier alpha value is -2.83. The molecule has 1 fully saturated rings. The molecular weight excluding hydrogens is 352 g/mol. The van der Waals surface area contributed by atoms with Crippen LogP contribution in [0.4, 0.5) is 31.5 Å². The zero-order chi connectivity index (χ0) is 19.0. The quantitative estimate of drug-likeness (QED) is 0.842. The van der Waals surface area contributed by atoms with Crippen LogP contribution in [0, 0.1) is 6.92 Å². The van der Waals surface area contributed by atoms with Gasteiger partial charge in [0.1, 0.15) is 5.75 Å². The van der Waals surface area contributed by atoms with E-state index in [1.807, 2.05) is 42.2 Å². The third-order valence-electron chi connectivity index (χ3n) is 4.96. The van der Waals surface area contributed by atoms with Gasteiger partial charge in [-0.05, 0) is 42.8 Å². The Morgan fingerprint density at radius 3 is 2.67 bits per heavy atom. The molecular formula is C20H21F2N3O2. The van der Waals surface area contributed by atoms with Gasteiger partial charge in [-0.15, -0.1) is 0 Å². The first kappa shape index (κ1) is 17.6. The fourth-order valence-corrected chi connectivity index (χ4v) is 3.38. The number of rotatable bonds is 3. The second kappa shape index (κ2) is 6.72. The number of nitrogens with one attached hydrogen (secondary N) is 2. The van der Waals surface area contributed by atoms with Crippen molar-refractivity contribution in [1.82, 2.24) is 0 Å². The van der Waals surface area contributed by atoms with Gasteiger partial charge in [-0.3, -0.25) is 4.79 Å². The molecule has 0 aromatic heterocycles. The average Bonchev–Trinajstić information content (AvgIpc) is 2.63. The van der Waals surface area contributed by atoms with Crippen molar-refractivity contribution in [3.63, 3.8) is 0 Å². The van der Waals surface area contributed by atoms with Gasteiger partial charge >= 0.3 is 0 Å². The summed E-state index contributed by atoms with van der Waals surface area (Å²) in [6, 6.07) is 11.4. The molecule has 2 aliphatic rings. The third-order valence-corrected chi connectivity index (χ3v) is 4.96. The maximum atomic E-state index is 13.4. The highest BCUT2D eigenvalue weighted by molar-refractivity contribution is 5.95. The van der Waals surface area contributed by atoms with Crippen LogP contribution in [0.2, 0.25) is 0 Å². The molecule has 0 atom stereocenters. The lowest BCUT2D eigenvalue weighted by atomic mass is 10.0. The number of aryl methyl sites for hydroxylation is 1. The van der Waals surface area contributed by atoms with Crippen LogP contribution < -0.4 is 20.3 Å². The van der Waals surface area contributed by atoms with Gasteiger partial charge in [-0.25, -0.2) is 8.78 Å². The molecule has 2 aromatic rings. The second-order valence-electron chi connectivity index (χ2n) is 7.02. The van der Waals surface area contributed by atoms with Crippen molar-refractivity contribution < 1.29 is 18.3 Å². The highest BCUT2D eigenvalue weighted by Gasteiger charge is 2.34. The number of piperidine rings is 1. The molecule has 0 saturated carbocycles. The smallest absolute Gasteiger partial charge is 0.262 e. The van der Waals surface area contributed by atoms with Crippen molar-refractivity contribution >= 4 is 28.7 Å². The fraction of sp³-hybridized carbons (Fsp3) is 0.350. The summed E-state index contributed by atoms with van der Waals surface area (Å²) in [5.41, 5.74) is 4.42. The second-order valence-corrected chi connectivity index (χ2v) is 7.02. The number of benzene rings is 2. The Bertz CT molecular complexity index is 876. The summed E-state index contributed by atoms with van der Waals surface area (Å²) >= 11 is 0. The molecule has 1 amide bonds. The van der Waals surface area contributed by atoms with E-state index >= 15 is 0 Å². The SMILES string of the molecule is Cc1cc(N2CCC(F)(F)CC2)ccc1Nc1ccc2c(c1)OCC(=O)N2. The average molecular weight is 373 g/mol. The number of amides is 1. The maximum absolute atomic E-state index is 13.4. The van der Waals surface area contributed by atoms with E-state index in [4.69, 9.17) is 4.74 Å². The molecule has 4 rings (SSSR count). The minimum atomic E-state index is -2.54. The van der Waals surface area contributed by atoms with Crippen LogP contribution in [0.25, 0.3) is 0 Å². The number of halogens is 2. The number of ether oxygens (including phenoxy) is 1. The third kappa shape index (κ3) is 3.82. The normalized spacial score (nSPS) is 18.3. The molecule has 7 heteroatoms. The zero-order valence-corrected chi connectivity index (χ0v) is 15.0. The van der Waals surface area contributed by atoms with E-state index in [0.29, 0.717) is 24.5 Å². The standard InChI is InChI=1S/C20H21F2N3O2/c1-13-10-15(25-8-6-20(21,22)7-9-25)3-5-16(13)23-14-2-4-17-18(11-14)27-12-19(26)24-17/h2-5,10-11,23H,6-9,12H2,1H3,(H,24,26). The molecule has 2 heterocycles. The summed E-state index contributed by atoms with van der Waals surface area (Å²) in [6.45, 7) is 2.73. The van der Waals surface area contributed by atoms with E-state index in [2.05, 4.69) is 10.6 Å². The summed E-state index contributed by atoms with van der Waals surface area (Å²) in [5, 5.41) is 6.11. The Morgan fingerprint density at radius 2 is 1.93 bits per heavy atom. The molecule has 0 spiro atoms. The van der Waals surface area contributed by atoms with Gasteiger partial charge in [-0.1, -0.05) is 0 Å². The number of nitrogens with zero attached hydrogens (tertiary/aromatic N) is 1. The summed E-state index contributed by atoms with van der Waals surface area (Å²) < 4.78 is 32.1. The van der Waals surface area contributed by atoms with Crippen molar-refractivity contribution in [2.24, 2.45) is 0 Å². The molecule has 0 aliphatic carbocycles. The van der Waals surface area contributed by atoms with Gasteiger partial charge in [0.2, 0.25) is 0 Å². The molecule has 1 saturated heterocycles. The van der Waals surface area contributed by atoms with Crippen molar-refractivity contribution in [3.05, 3.63) is 42.0 Å². The highest BCUT2D eigenvalue weighted by atomic mass is 19.3. The lowest BCUT2D eigenvalue weighted by molar-refractivity contribution is -0.118. The lowest BCUT2D eigenvalue weighted by Gasteiger charge is -2.33. The lowest BCUT2D eigenvalue weighted by Crippen LogP contribution is -2.39. The molecule has 0 unspecified atom stereocenters. The van der Waals surface area contributed by atoms with Crippen molar-refractivity contribution in [2.75, 3.05) is 35.2 Å². The van der Waals surface area contributed by atoms with Crippen molar-refractivity contribution in [1.29, 1.82) is 0 Å². The first-order valence-corrected chi connectivity index (χ1v) is 8.97. The monoisotopic (exact) mass is 373 g/mol. The Kier molecular flexibility index (Phi) is 4.37. The molecule has 5 nitrogen and oxygen atoms in total. The zero-order valence-electron chi connectivity index (χ0n) is 15.0. The van der Waals surface area contributed by atoms with E-state index < -0.39 is 5.92 Å². The van der Waals surface area contributed by atoms with Crippen LogP contribution in [0.3, 0.4) is 0 Å². The summed E-state index contributed by atoms with van der Waals surface area (Å²) in [5.74, 6) is -2.07. The number of carbonyl (C=O) groups excluding carboxylic acids is 1. The number of hydrogen-bond acceptors (Lipinski definition) is 4. The number of alkyl halides is 2. The molecule has 0 bridgehead atoms. The van der Waals surface area contributed by atoms with E-state index in [1.165, 1.54) is 0 Å². The van der Waals surface area contributed by atoms with Crippen molar-refractivity contribution in [2.45, 2.75) is 25.7 Å². The molecule has 27 heavy (non-hydrogen) atoms. The largest absolute Gasteiger partial charge is 0.482 e. The number of carbonyl (C=O) groups is 1. The highest BCUT2D eigenvalue weighted by Crippen LogP contribution is 2.34. The fourth-order valence-electron chi connectivity index (χ4n) is 3.38.